The van der Waals surface area contributed by atoms with Crippen LogP contribution in [-0.2, 0) is 0 Å². The molecule has 3 N–H and O–H groups in total. The van der Waals surface area contributed by atoms with Crippen molar-refractivity contribution in [2.45, 2.75) is 27.2 Å². The van der Waals surface area contributed by atoms with E-state index in [9.17, 15) is 0 Å². The van der Waals surface area contributed by atoms with Crippen molar-refractivity contribution in [3.63, 3.8) is 0 Å². The molecule has 10 heavy (non-hydrogen) atoms. The molecule has 0 saturated heterocycles. The summed E-state index contributed by atoms with van der Waals surface area (Å²) >= 11 is 0. The van der Waals surface area contributed by atoms with E-state index in [0.29, 0.717) is 0 Å². The maximum Gasteiger partial charge on any atom is 0.0285 e. The highest BCUT2D eigenvalue weighted by Gasteiger charge is 1.91. The van der Waals surface area contributed by atoms with Gasteiger partial charge in [0, 0.05) is 5.70 Å². The van der Waals surface area contributed by atoms with Gasteiger partial charge in [-0.2, -0.15) is 0 Å². The molecule has 0 amide bonds. The predicted molar refractivity (Wildman–Crippen MR) is 45.1 cm³/mol. The number of nitrogens with two attached hydrogens (primary N) is 1. The highest BCUT2D eigenvalue weighted by Crippen LogP contribution is 2.04. The van der Waals surface area contributed by atoms with Gasteiger partial charge >= 0.3 is 0 Å². The van der Waals surface area contributed by atoms with Crippen molar-refractivity contribution < 1.29 is 0 Å². The molecule has 2 nitrogen and oxygen atoms in total. The Hall–Kier alpha value is -0.760. The van der Waals surface area contributed by atoms with Gasteiger partial charge in [0.05, 0.1) is 0 Å². The second-order valence-corrected chi connectivity index (χ2v) is 2.16. The molecule has 0 saturated carbocycles. The number of hydrogen-bond donors (Lipinski definition) is 2. The molecule has 0 fully saturated rings. The highest BCUT2D eigenvalue weighted by atomic mass is 15.2. The molecule has 0 aliphatic heterocycles. The Morgan fingerprint density at radius 1 is 1.60 bits per heavy atom. The van der Waals surface area contributed by atoms with E-state index in [4.69, 9.17) is 5.84 Å². The average Bonchev–Trinajstić information content (AvgIpc) is 1.91. The first kappa shape index (κ1) is 9.24. The number of hydrazine groups is 1. The van der Waals surface area contributed by atoms with Crippen molar-refractivity contribution in [1.82, 2.24) is 5.43 Å². The van der Waals surface area contributed by atoms with Crippen LogP contribution in [0.2, 0.25) is 0 Å². The van der Waals surface area contributed by atoms with Gasteiger partial charge in [-0.15, -0.1) is 0 Å². The Kier molecular flexibility index (Phi) is 4.67. The normalized spacial score (nSPS) is 13.6. The molecular formula is C8H16N2. The summed E-state index contributed by atoms with van der Waals surface area (Å²) in [5.74, 6) is 5.27. The third-order valence-corrected chi connectivity index (χ3v) is 1.42. The fourth-order valence-corrected chi connectivity index (χ4v) is 0.845. The van der Waals surface area contributed by atoms with Crippen molar-refractivity contribution >= 4 is 0 Å². The lowest BCUT2D eigenvalue weighted by Crippen LogP contribution is -2.21. The minimum Gasteiger partial charge on any atom is -0.328 e. The molecule has 0 aromatic carbocycles. The molecule has 0 aromatic rings. The molecule has 58 valence electrons. The SMILES string of the molecule is C/C=C\C(C)=C(\CC)NN. The third kappa shape index (κ3) is 2.69. The van der Waals surface area contributed by atoms with Gasteiger partial charge in [0.25, 0.3) is 0 Å². The summed E-state index contributed by atoms with van der Waals surface area (Å²) in [6.07, 6.45) is 4.99. The van der Waals surface area contributed by atoms with Crippen LogP contribution in [-0.4, -0.2) is 0 Å². The Bertz CT molecular complexity index is 139. The van der Waals surface area contributed by atoms with Gasteiger partial charge in [-0.3, -0.25) is 5.84 Å². The van der Waals surface area contributed by atoms with E-state index < -0.39 is 0 Å². The predicted octanol–water partition coefficient (Wildman–Crippen LogP) is 1.71. The topological polar surface area (TPSA) is 38.0 Å². The zero-order chi connectivity index (χ0) is 7.98. The quantitative estimate of drug-likeness (QED) is 0.356. The lowest BCUT2D eigenvalue weighted by Gasteiger charge is -2.04. The standard InChI is InChI=1S/C8H16N2/c1-4-6-7(3)8(5-2)10-9/h4,6,10H,5,9H2,1-3H3/b6-4-,8-7-. The summed E-state index contributed by atoms with van der Waals surface area (Å²) in [4.78, 5) is 0. The lowest BCUT2D eigenvalue weighted by molar-refractivity contribution is 0.814. The van der Waals surface area contributed by atoms with E-state index in [2.05, 4.69) is 12.3 Å². The summed E-state index contributed by atoms with van der Waals surface area (Å²) in [6, 6.07) is 0. The number of hydrogen-bond acceptors (Lipinski definition) is 2. The maximum atomic E-state index is 5.27. The van der Waals surface area contributed by atoms with Crippen molar-refractivity contribution in [2.24, 2.45) is 5.84 Å². The molecule has 0 unspecified atom stereocenters. The van der Waals surface area contributed by atoms with Gasteiger partial charge in [-0.05, 0) is 25.8 Å². The molecule has 2 heteroatoms. The molecule has 0 aliphatic rings. The minimum absolute atomic E-state index is 0.951. The largest absolute Gasteiger partial charge is 0.328 e. The van der Waals surface area contributed by atoms with Crippen molar-refractivity contribution in [2.75, 3.05) is 0 Å². The van der Waals surface area contributed by atoms with Crippen LogP contribution >= 0.6 is 0 Å². The van der Waals surface area contributed by atoms with Crippen molar-refractivity contribution in [1.29, 1.82) is 0 Å². The van der Waals surface area contributed by atoms with Crippen molar-refractivity contribution in [3.8, 4) is 0 Å². The number of allylic oxidation sites excluding steroid dienone is 4. The van der Waals surface area contributed by atoms with Crippen LogP contribution < -0.4 is 11.3 Å². The average molecular weight is 140 g/mol. The zero-order valence-electron chi connectivity index (χ0n) is 6.94. The van der Waals surface area contributed by atoms with Gasteiger partial charge < -0.3 is 5.43 Å². The third-order valence-electron chi connectivity index (χ3n) is 1.42. The van der Waals surface area contributed by atoms with E-state index in [1.165, 1.54) is 5.57 Å². The molecular weight excluding hydrogens is 124 g/mol. The summed E-state index contributed by atoms with van der Waals surface area (Å²) in [5, 5.41) is 0. The van der Waals surface area contributed by atoms with Crippen LogP contribution in [0.15, 0.2) is 23.4 Å². The molecule has 0 spiro atoms. The molecule has 0 bridgehead atoms. The summed E-state index contributed by atoms with van der Waals surface area (Å²) in [7, 11) is 0. The first-order valence-corrected chi connectivity index (χ1v) is 3.55. The van der Waals surface area contributed by atoms with E-state index in [1.807, 2.05) is 26.0 Å². The van der Waals surface area contributed by atoms with Gasteiger partial charge in [0.2, 0.25) is 0 Å². The molecule has 0 aromatic heterocycles. The molecule has 0 atom stereocenters. The summed E-state index contributed by atoms with van der Waals surface area (Å²) in [5.41, 5.74) is 4.96. The van der Waals surface area contributed by atoms with Gasteiger partial charge in [-0.1, -0.05) is 19.1 Å². The smallest absolute Gasteiger partial charge is 0.0285 e. The van der Waals surface area contributed by atoms with Gasteiger partial charge in [-0.25, -0.2) is 0 Å². The molecule has 0 rings (SSSR count). The zero-order valence-corrected chi connectivity index (χ0v) is 6.94. The van der Waals surface area contributed by atoms with E-state index in [1.54, 1.807) is 0 Å². The van der Waals surface area contributed by atoms with Gasteiger partial charge in [0.15, 0.2) is 0 Å². The van der Waals surface area contributed by atoms with Crippen LogP contribution in [0.5, 0.6) is 0 Å². The van der Waals surface area contributed by atoms with Crippen LogP contribution in [0, 0.1) is 0 Å². The minimum atomic E-state index is 0.951. The fourth-order valence-electron chi connectivity index (χ4n) is 0.845. The van der Waals surface area contributed by atoms with Crippen LogP contribution in [0.4, 0.5) is 0 Å². The monoisotopic (exact) mass is 140 g/mol. The molecule has 0 radical (unpaired) electrons. The second-order valence-electron chi connectivity index (χ2n) is 2.16. The maximum absolute atomic E-state index is 5.27. The first-order valence-electron chi connectivity index (χ1n) is 3.55. The highest BCUT2D eigenvalue weighted by molar-refractivity contribution is 5.21. The van der Waals surface area contributed by atoms with Crippen LogP contribution in [0.25, 0.3) is 0 Å². The van der Waals surface area contributed by atoms with E-state index >= 15 is 0 Å². The lowest BCUT2D eigenvalue weighted by atomic mass is 10.2. The Morgan fingerprint density at radius 2 is 2.20 bits per heavy atom. The second kappa shape index (κ2) is 5.06. The number of rotatable bonds is 3. The first-order chi connectivity index (χ1) is 4.76. The van der Waals surface area contributed by atoms with Gasteiger partial charge in [0.1, 0.15) is 0 Å². The molecule has 0 heterocycles. The van der Waals surface area contributed by atoms with E-state index in [0.717, 1.165) is 12.1 Å². The fraction of sp³-hybridized carbons (Fsp3) is 0.500. The van der Waals surface area contributed by atoms with Crippen LogP contribution in [0.1, 0.15) is 27.2 Å². The Morgan fingerprint density at radius 3 is 2.50 bits per heavy atom. The van der Waals surface area contributed by atoms with E-state index in [-0.39, 0.29) is 0 Å². The Labute approximate surface area is 62.8 Å². The summed E-state index contributed by atoms with van der Waals surface area (Å²) in [6.45, 7) is 6.11. The van der Waals surface area contributed by atoms with Crippen molar-refractivity contribution in [3.05, 3.63) is 23.4 Å². The number of nitrogens with one attached hydrogen (secondary N) is 1. The van der Waals surface area contributed by atoms with Crippen LogP contribution in [0.3, 0.4) is 0 Å². The summed E-state index contributed by atoms with van der Waals surface area (Å²) < 4.78 is 0. The Balaban J connectivity index is 4.27. The molecule has 0 aliphatic carbocycles.